The van der Waals surface area contributed by atoms with Gasteiger partial charge in [-0.15, -0.1) is 0 Å². The summed E-state index contributed by atoms with van der Waals surface area (Å²) in [7, 11) is 0. The van der Waals surface area contributed by atoms with Gasteiger partial charge in [-0.3, -0.25) is 4.79 Å². The Hall–Kier alpha value is -1.85. The highest BCUT2D eigenvalue weighted by Crippen LogP contribution is 2.19. The molecular weight excluding hydrogens is 211 g/mol. The first-order valence-corrected chi connectivity index (χ1v) is 3.86. The van der Waals surface area contributed by atoms with Crippen molar-refractivity contribution in [2.45, 2.75) is 6.18 Å². The molecule has 0 aromatic heterocycles. The summed E-state index contributed by atoms with van der Waals surface area (Å²) < 4.78 is 36.1. The number of ketones is 1. The molecule has 80 valence electrons. The van der Waals surface area contributed by atoms with E-state index in [1.54, 1.807) is 6.07 Å². The molecular formula is C9H6F3NO2. The molecule has 0 radical (unpaired) electrons. The summed E-state index contributed by atoms with van der Waals surface area (Å²) in [4.78, 5) is 10.8. The maximum atomic E-state index is 12.0. The van der Waals surface area contributed by atoms with Gasteiger partial charge in [-0.25, -0.2) is 0 Å². The summed E-state index contributed by atoms with van der Waals surface area (Å²) in [5.41, 5.74) is -1.09. The van der Waals surface area contributed by atoms with Crippen LogP contribution >= 0.6 is 0 Å². The second-order valence-electron chi connectivity index (χ2n) is 2.64. The molecule has 0 fully saturated rings. The zero-order chi connectivity index (χ0) is 11.5. The minimum Gasteiger partial charge on any atom is -0.410 e. The molecule has 1 aromatic carbocycles. The third kappa shape index (κ3) is 2.55. The summed E-state index contributed by atoms with van der Waals surface area (Å²) in [6.45, 7) is 0. The third-order valence-electron chi connectivity index (χ3n) is 1.62. The minimum atomic E-state index is -5.04. The number of hydrogen-bond donors (Lipinski definition) is 1. The number of rotatable bonds is 2. The summed E-state index contributed by atoms with van der Waals surface area (Å²) in [6, 6.07) is 6.93. The van der Waals surface area contributed by atoms with Gasteiger partial charge in [0, 0.05) is 5.56 Å². The second-order valence-corrected chi connectivity index (χ2v) is 2.64. The van der Waals surface area contributed by atoms with Crippen molar-refractivity contribution in [3.63, 3.8) is 0 Å². The maximum absolute atomic E-state index is 12.0. The highest BCUT2D eigenvalue weighted by Gasteiger charge is 2.42. The molecule has 0 unspecified atom stereocenters. The zero-order valence-electron chi connectivity index (χ0n) is 7.32. The fraction of sp³-hybridized carbons (Fsp3) is 0.111. The van der Waals surface area contributed by atoms with Crippen molar-refractivity contribution in [1.82, 2.24) is 0 Å². The van der Waals surface area contributed by atoms with Crippen LogP contribution in [0.25, 0.3) is 0 Å². The molecule has 3 nitrogen and oxygen atoms in total. The Morgan fingerprint density at radius 1 is 1.20 bits per heavy atom. The van der Waals surface area contributed by atoms with E-state index >= 15 is 0 Å². The fourth-order valence-corrected chi connectivity index (χ4v) is 0.965. The lowest BCUT2D eigenvalue weighted by molar-refractivity contribution is -0.163. The molecule has 0 saturated carbocycles. The lowest BCUT2D eigenvalue weighted by Gasteiger charge is -2.06. The van der Waals surface area contributed by atoms with Gasteiger partial charge in [0.05, 0.1) is 0 Å². The number of oxime groups is 1. The van der Waals surface area contributed by atoms with E-state index in [2.05, 4.69) is 5.16 Å². The molecule has 0 amide bonds. The van der Waals surface area contributed by atoms with Gasteiger partial charge in [0.2, 0.25) is 0 Å². The van der Waals surface area contributed by atoms with E-state index in [-0.39, 0.29) is 5.56 Å². The van der Waals surface area contributed by atoms with Crippen molar-refractivity contribution in [2.75, 3.05) is 0 Å². The minimum absolute atomic E-state index is 0.0812. The molecule has 15 heavy (non-hydrogen) atoms. The van der Waals surface area contributed by atoms with E-state index in [9.17, 15) is 18.0 Å². The third-order valence-corrected chi connectivity index (χ3v) is 1.62. The molecule has 6 heteroatoms. The molecule has 0 heterocycles. The van der Waals surface area contributed by atoms with Crippen LogP contribution in [0.1, 0.15) is 5.56 Å². The van der Waals surface area contributed by atoms with Gasteiger partial charge >= 0.3 is 6.18 Å². The average molecular weight is 217 g/mol. The fourth-order valence-electron chi connectivity index (χ4n) is 0.965. The van der Waals surface area contributed by atoms with E-state index in [0.29, 0.717) is 0 Å². The summed E-state index contributed by atoms with van der Waals surface area (Å²) in [5.74, 6) is -2.17. The van der Waals surface area contributed by atoms with Crippen LogP contribution in [0.15, 0.2) is 35.5 Å². The Labute approximate surface area is 82.8 Å². The summed E-state index contributed by atoms with van der Waals surface area (Å²) in [5, 5.41) is 10.8. The van der Waals surface area contributed by atoms with Gasteiger partial charge in [0.15, 0.2) is 5.71 Å². The number of alkyl halides is 3. The first-order valence-electron chi connectivity index (χ1n) is 3.86. The van der Waals surface area contributed by atoms with Crippen LogP contribution in [0.2, 0.25) is 0 Å². The molecule has 0 atom stereocenters. The van der Waals surface area contributed by atoms with E-state index in [1.807, 2.05) is 0 Å². The van der Waals surface area contributed by atoms with Crippen LogP contribution in [-0.4, -0.2) is 22.9 Å². The van der Waals surface area contributed by atoms with Gasteiger partial charge in [0.25, 0.3) is 5.78 Å². The van der Waals surface area contributed by atoms with E-state index < -0.39 is 17.7 Å². The summed E-state index contributed by atoms with van der Waals surface area (Å²) >= 11 is 0. The Morgan fingerprint density at radius 2 is 1.73 bits per heavy atom. The number of halogens is 3. The monoisotopic (exact) mass is 217 g/mol. The molecule has 0 aliphatic heterocycles. The van der Waals surface area contributed by atoms with Gasteiger partial charge in [-0.1, -0.05) is 35.5 Å². The van der Waals surface area contributed by atoms with E-state index in [0.717, 1.165) is 0 Å². The number of Topliss-reactive ketones (excluding diaryl/α,β-unsaturated/α-hetero) is 1. The van der Waals surface area contributed by atoms with Crippen LogP contribution in [-0.2, 0) is 4.79 Å². The first-order chi connectivity index (χ1) is 6.96. The topological polar surface area (TPSA) is 49.7 Å². The number of benzene rings is 1. The molecule has 0 aliphatic carbocycles. The van der Waals surface area contributed by atoms with E-state index in [4.69, 9.17) is 5.21 Å². The van der Waals surface area contributed by atoms with Crippen molar-refractivity contribution in [1.29, 1.82) is 0 Å². The molecule has 1 aromatic rings. The van der Waals surface area contributed by atoms with Crippen molar-refractivity contribution < 1.29 is 23.2 Å². The lowest BCUT2D eigenvalue weighted by Crippen LogP contribution is -2.31. The molecule has 1 N–H and O–H groups in total. The molecule has 0 bridgehead atoms. The van der Waals surface area contributed by atoms with Gasteiger partial charge in [0.1, 0.15) is 0 Å². The Morgan fingerprint density at radius 3 is 2.13 bits per heavy atom. The van der Waals surface area contributed by atoms with E-state index in [1.165, 1.54) is 24.3 Å². The normalized spacial score (nSPS) is 12.6. The van der Waals surface area contributed by atoms with Crippen LogP contribution in [0, 0.1) is 0 Å². The number of carbonyl (C=O) groups is 1. The van der Waals surface area contributed by atoms with Crippen LogP contribution in [0.3, 0.4) is 0 Å². The highest BCUT2D eigenvalue weighted by atomic mass is 19.4. The SMILES string of the molecule is O=C(/C(=N/O)c1ccccc1)C(F)(F)F. The molecule has 1 rings (SSSR count). The van der Waals surface area contributed by atoms with Crippen LogP contribution < -0.4 is 0 Å². The standard InChI is InChI=1S/C9H6F3NO2/c10-9(11,12)8(14)7(13-15)6-4-2-1-3-5-6/h1-5,15H/b13-7+. The number of hydrogen-bond acceptors (Lipinski definition) is 3. The van der Waals surface area contributed by atoms with Gasteiger partial charge < -0.3 is 5.21 Å². The van der Waals surface area contributed by atoms with Gasteiger partial charge in [-0.05, 0) is 0 Å². The lowest BCUT2D eigenvalue weighted by atomic mass is 10.1. The molecule has 0 spiro atoms. The van der Waals surface area contributed by atoms with Crippen LogP contribution in [0.4, 0.5) is 13.2 Å². The van der Waals surface area contributed by atoms with Crippen molar-refractivity contribution >= 4 is 11.5 Å². The second kappa shape index (κ2) is 4.12. The van der Waals surface area contributed by atoms with Gasteiger partial charge in [-0.2, -0.15) is 13.2 Å². The Balaban J connectivity index is 3.08. The quantitative estimate of drug-likeness (QED) is 0.468. The maximum Gasteiger partial charge on any atom is 0.456 e. The first kappa shape index (κ1) is 11.2. The van der Waals surface area contributed by atoms with Crippen LogP contribution in [0.5, 0.6) is 0 Å². The van der Waals surface area contributed by atoms with Crippen molar-refractivity contribution in [2.24, 2.45) is 5.16 Å². The molecule has 0 saturated heterocycles. The Bertz CT molecular complexity index is 384. The largest absolute Gasteiger partial charge is 0.456 e. The summed E-state index contributed by atoms with van der Waals surface area (Å²) in [6.07, 6.45) is -5.04. The number of carbonyl (C=O) groups excluding carboxylic acids is 1. The van der Waals surface area contributed by atoms with Crippen molar-refractivity contribution in [3.05, 3.63) is 35.9 Å². The number of nitrogens with zero attached hydrogens (tertiary/aromatic N) is 1. The molecule has 0 aliphatic rings. The highest BCUT2D eigenvalue weighted by molar-refractivity contribution is 6.47. The predicted octanol–water partition coefficient (Wildman–Crippen LogP) is 2.00. The smallest absolute Gasteiger partial charge is 0.410 e. The van der Waals surface area contributed by atoms with Crippen molar-refractivity contribution in [3.8, 4) is 0 Å². The Kier molecular flexibility index (Phi) is 3.08. The zero-order valence-corrected chi connectivity index (χ0v) is 7.32. The predicted molar refractivity (Wildman–Crippen MR) is 45.8 cm³/mol. The average Bonchev–Trinajstić information content (AvgIpc) is 2.19.